The van der Waals surface area contributed by atoms with Gasteiger partial charge in [-0.25, -0.2) is 17.6 Å². The van der Waals surface area contributed by atoms with Gasteiger partial charge in [0, 0.05) is 24.7 Å². The van der Waals surface area contributed by atoms with Crippen LogP contribution in [-0.2, 0) is 0 Å². The summed E-state index contributed by atoms with van der Waals surface area (Å²) in [5.41, 5.74) is 3.05. The van der Waals surface area contributed by atoms with Gasteiger partial charge < -0.3 is 15.4 Å². The summed E-state index contributed by atoms with van der Waals surface area (Å²) in [6.45, 7) is 0.661. The van der Waals surface area contributed by atoms with Crippen molar-refractivity contribution in [3.05, 3.63) is 87.2 Å². The van der Waals surface area contributed by atoms with Gasteiger partial charge in [-0.1, -0.05) is 6.07 Å². The average molecular weight is 449 g/mol. The van der Waals surface area contributed by atoms with Crippen LogP contribution < -0.4 is 16.0 Å². The van der Waals surface area contributed by atoms with Crippen molar-refractivity contribution in [1.82, 2.24) is 9.47 Å². The van der Waals surface area contributed by atoms with Gasteiger partial charge in [-0.3, -0.25) is 14.2 Å². The standard InChI is InChI=1S/C22H19F4N3O3/c1-28(2)8-9-32-12-10-16(24)20(17(25)11-12)29-18(30)7-6-14(22(29)27)21(31)13-4-3-5-15(23)19(13)26/h3-7,10-11H,8-9,27H2,1-2H3. The summed E-state index contributed by atoms with van der Waals surface area (Å²) < 4.78 is 62.9. The Labute approximate surface area is 180 Å². The number of rotatable bonds is 7. The molecule has 0 amide bonds. The number of ether oxygens (including phenoxy) is 1. The lowest BCUT2D eigenvalue weighted by Gasteiger charge is -2.16. The Morgan fingerprint density at radius 3 is 2.28 bits per heavy atom. The predicted molar refractivity (Wildman–Crippen MR) is 110 cm³/mol. The number of nitrogens with zero attached hydrogens (tertiary/aromatic N) is 2. The molecule has 0 aliphatic rings. The van der Waals surface area contributed by atoms with Crippen LogP contribution in [0, 0.1) is 23.3 Å². The second-order valence-corrected chi connectivity index (χ2v) is 7.12. The Morgan fingerprint density at radius 2 is 1.66 bits per heavy atom. The highest BCUT2D eigenvalue weighted by Crippen LogP contribution is 2.27. The first kappa shape index (κ1) is 23.0. The molecule has 0 aliphatic carbocycles. The van der Waals surface area contributed by atoms with E-state index >= 15 is 0 Å². The number of ketones is 1. The molecule has 32 heavy (non-hydrogen) atoms. The van der Waals surface area contributed by atoms with Crippen molar-refractivity contribution in [2.45, 2.75) is 0 Å². The first-order valence-corrected chi connectivity index (χ1v) is 9.39. The van der Waals surface area contributed by atoms with Crippen molar-refractivity contribution in [3.63, 3.8) is 0 Å². The highest BCUT2D eigenvalue weighted by Gasteiger charge is 2.24. The monoisotopic (exact) mass is 449 g/mol. The SMILES string of the molecule is CN(C)CCOc1cc(F)c(-n2c(N)c(C(=O)c3cccc(F)c3F)ccc2=O)c(F)c1. The molecule has 0 bridgehead atoms. The Bertz CT molecular complexity index is 1220. The quantitative estimate of drug-likeness (QED) is 0.443. The molecule has 0 atom stereocenters. The lowest BCUT2D eigenvalue weighted by Crippen LogP contribution is -2.25. The largest absolute Gasteiger partial charge is 0.492 e. The van der Waals surface area contributed by atoms with Crippen molar-refractivity contribution in [2.24, 2.45) is 0 Å². The molecule has 6 nitrogen and oxygen atoms in total. The molecule has 0 saturated heterocycles. The van der Waals surface area contributed by atoms with Crippen molar-refractivity contribution in [2.75, 3.05) is 33.0 Å². The van der Waals surface area contributed by atoms with Crippen LogP contribution in [0.1, 0.15) is 15.9 Å². The van der Waals surface area contributed by atoms with Gasteiger partial charge in [-0.05, 0) is 32.3 Å². The molecule has 2 aromatic carbocycles. The number of pyridine rings is 1. The zero-order valence-electron chi connectivity index (χ0n) is 17.2. The van der Waals surface area contributed by atoms with Crippen LogP contribution in [0.3, 0.4) is 0 Å². The van der Waals surface area contributed by atoms with Gasteiger partial charge in [-0.15, -0.1) is 0 Å². The third kappa shape index (κ3) is 4.50. The van der Waals surface area contributed by atoms with Crippen molar-refractivity contribution in [3.8, 4) is 11.4 Å². The molecule has 3 aromatic rings. The third-order valence-corrected chi connectivity index (χ3v) is 4.59. The van der Waals surface area contributed by atoms with Gasteiger partial charge in [0.15, 0.2) is 29.1 Å². The smallest absolute Gasteiger partial charge is 0.256 e. The Hall–Kier alpha value is -3.66. The first-order valence-electron chi connectivity index (χ1n) is 9.39. The van der Waals surface area contributed by atoms with Crippen LogP contribution in [0.5, 0.6) is 5.75 Å². The van der Waals surface area contributed by atoms with Gasteiger partial charge in [-0.2, -0.15) is 0 Å². The molecule has 3 rings (SSSR count). The summed E-state index contributed by atoms with van der Waals surface area (Å²) in [4.78, 5) is 26.9. The molecule has 168 valence electrons. The molecule has 0 unspecified atom stereocenters. The van der Waals surface area contributed by atoms with E-state index < -0.39 is 57.2 Å². The molecule has 0 aliphatic heterocycles. The normalized spacial score (nSPS) is 11.1. The molecule has 1 heterocycles. The predicted octanol–water partition coefficient (Wildman–Crippen LogP) is 3.15. The van der Waals surface area contributed by atoms with Crippen LogP contribution in [0.2, 0.25) is 0 Å². The molecule has 0 fully saturated rings. The zero-order chi connectivity index (χ0) is 23.6. The molecule has 10 heteroatoms. The van der Waals surface area contributed by atoms with Gasteiger partial charge in [0.1, 0.15) is 23.9 Å². The van der Waals surface area contributed by atoms with E-state index in [2.05, 4.69) is 0 Å². The summed E-state index contributed by atoms with van der Waals surface area (Å²) in [6, 6.07) is 6.55. The number of halogens is 4. The van der Waals surface area contributed by atoms with Crippen molar-refractivity contribution in [1.29, 1.82) is 0 Å². The molecule has 0 saturated carbocycles. The number of benzene rings is 2. The number of aromatic nitrogens is 1. The number of carbonyl (C=O) groups is 1. The zero-order valence-corrected chi connectivity index (χ0v) is 17.2. The number of nitrogen functional groups attached to an aromatic ring is 1. The summed E-state index contributed by atoms with van der Waals surface area (Å²) in [6.07, 6.45) is 0. The fraction of sp³-hybridized carbons (Fsp3) is 0.182. The van der Waals surface area contributed by atoms with E-state index in [1.54, 1.807) is 14.1 Å². The summed E-state index contributed by atoms with van der Waals surface area (Å²) in [5, 5.41) is 0. The first-order chi connectivity index (χ1) is 15.1. The summed E-state index contributed by atoms with van der Waals surface area (Å²) >= 11 is 0. The number of nitrogens with two attached hydrogens (primary N) is 1. The molecular weight excluding hydrogens is 430 g/mol. The van der Waals surface area contributed by atoms with Crippen LogP contribution in [0.25, 0.3) is 5.69 Å². The van der Waals surface area contributed by atoms with Gasteiger partial charge in [0.05, 0.1) is 11.1 Å². The van der Waals surface area contributed by atoms with E-state index in [0.29, 0.717) is 11.1 Å². The number of hydrogen-bond donors (Lipinski definition) is 1. The van der Waals surface area contributed by atoms with Gasteiger partial charge >= 0.3 is 0 Å². The number of hydrogen-bond acceptors (Lipinski definition) is 5. The van der Waals surface area contributed by atoms with Crippen LogP contribution >= 0.6 is 0 Å². The van der Waals surface area contributed by atoms with E-state index in [4.69, 9.17) is 10.5 Å². The fourth-order valence-electron chi connectivity index (χ4n) is 2.99. The Balaban J connectivity index is 2.07. The topological polar surface area (TPSA) is 77.6 Å². The second-order valence-electron chi connectivity index (χ2n) is 7.12. The van der Waals surface area contributed by atoms with E-state index in [9.17, 15) is 27.2 Å². The minimum Gasteiger partial charge on any atom is -0.492 e. The maximum atomic E-state index is 14.8. The second kappa shape index (κ2) is 9.23. The third-order valence-electron chi connectivity index (χ3n) is 4.59. The van der Waals surface area contributed by atoms with E-state index in [1.165, 1.54) is 0 Å². The Kier molecular flexibility index (Phi) is 6.64. The van der Waals surface area contributed by atoms with Gasteiger partial charge in [0.2, 0.25) is 0 Å². The van der Waals surface area contributed by atoms with Gasteiger partial charge in [0.25, 0.3) is 5.56 Å². The Morgan fingerprint density at radius 1 is 1.00 bits per heavy atom. The maximum absolute atomic E-state index is 14.8. The lowest BCUT2D eigenvalue weighted by molar-refractivity contribution is 0.103. The van der Waals surface area contributed by atoms with Crippen molar-refractivity contribution >= 4 is 11.6 Å². The minimum atomic E-state index is -1.41. The fourth-order valence-corrected chi connectivity index (χ4v) is 2.99. The molecule has 0 spiro atoms. The van der Waals surface area contributed by atoms with Crippen LogP contribution in [0.4, 0.5) is 23.4 Å². The summed E-state index contributed by atoms with van der Waals surface area (Å²) in [5.74, 6) is -6.80. The van der Waals surface area contributed by atoms with E-state index in [0.717, 1.165) is 42.5 Å². The molecule has 0 radical (unpaired) electrons. The number of likely N-dealkylation sites (N-methyl/N-ethyl adjacent to an activating group) is 1. The summed E-state index contributed by atoms with van der Waals surface area (Å²) in [7, 11) is 3.60. The minimum absolute atomic E-state index is 0.105. The number of carbonyl (C=O) groups excluding carboxylic acids is 1. The number of anilines is 1. The van der Waals surface area contributed by atoms with Crippen LogP contribution in [-0.4, -0.2) is 42.5 Å². The average Bonchev–Trinajstić information content (AvgIpc) is 2.71. The van der Waals surface area contributed by atoms with E-state index in [-0.39, 0.29) is 12.4 Å². The van der Waals surface area contributed by atoms with Crippen molar-refractivity contribution < 1.29 is 27.1 Å². The molecule has 2 N–H and O–H groups in total. The molecule has 1 aromatic heterocycles. The van der Waals surface area contributed by atoms with E-state index in [1.807, 2.05) is 4.90 Å². The molecular formula is C22H19F4N3O3. The maximum Gasteiger partial charge on any atom is 0.256 e. The van der Waals surface area contributed by atoms with Crippen LogP contribution in [0.15, 0.2) is 47.3 Å². The highest BCUT2D eigenvalue weighted by atomic mass is 19.2. The lowest BCUT2D eigenvalue weighted by atomic mass is 10.0. The highest BCUT2D eigenvalue weighted by molar-refractivity contribution is 6.11.